The zero-order valence-electron chi connectivity index (χ0n) is 10.3. The molecule has 1 aromatic carbocycles. The molecule has 0 saturated carbocycles. The Bertz CT molecular complexity index is 476. The van der Waals surface area contributed by atoms with Crippen LogP contribution in [0.4, 0.5) is 0 Å². The molecule has 0 aliphatic carbocycles. The highest BCUT2D eigenvalue weighted by Crippen LogP contribution is 2.24. The molecule has 17 heavy (non-hydrogen) atoms. The van der Waals surface area contributed by atoms with Gasteiger partial charge in [0.1, 0.15) is 5.01 Å². The Labute approximate surface area is 107 Å². The van der Waals surface area contributed by atoms with Crippen molar-refractivity contribution < 1.29 is 0 Å². The van der Waals surface area contributed by atoms with Crippen LogP contribution in [0.1, 0.15) is 34.1 Å². The molecule has 0 spiro atoms. The van der Waals surface area contributed by atoms with Gasteiger partial charge in [0.25, 0.3) is 0 Å². The Kier molecular flexibility index (Phi) is 3.92. The molecule has 0 radical (unpaired) electrons. The molecule has 90 valence electrons. The summed E-state index contributed by atoms with van der Waals surface area (Å²) in [5, 5.41) is 1.06. The predicted octanol–water partition coefficient (Wildman–Crippen LogP) is 3.26. The van der Waals surface area contributed by atoms with Gasteiger partial charge in [-0.1, -0.05) is 37.3 Å². The van der Waals surface area contributed by atoms with Gasteiger partial charge in [0.05, 0.1) is 11.7 Å². The average Bonchev–Trinajstić information content (AvgIpc) is 2.72. The zero-order chi connectivity index (χ0) is 12.3. The summed E-state index contributed by atoms with van der Waals surface area (Å²) in [5.74, 6) is 0. The van der Waals surface area contributed by atoms with Crippen LogP contribution in [0.25, 0.3) is 0 Å². The first-order valence-corrected chi connectivity index (χ1v) is 6.78. The van der Waals surface area contributed by atoms with Crippen LogP contribution in [0, 0.1) is 6.92 Å². The molecule has 0 saturated heterocycles. The van der Waals surface area contributed by atoms with E-state index >= 15 is 0 Å². The van der Waals surface area contributed by atoms with Gasteiger partial charge in [0.2, 0.25) is 0 Å². The second-order valence-electron chi connectivity index (χ2n) is 4.20. The van der Waals surface area contributed by atoms with E-state index in [2.05, 4.69) is 31.0 Å². The standard InChI is InChI=1S/C14H18N2S/c1-3-13-10(2)17-14(16-13)12(15)9-11-7-5-4-6-8-11/h4-8,12H,3,9,15H2,1-2H3. The summed E-state index contributed by atoms with van der Waals surface area (Å²) in [5.41, 5.74) is 8.67. The van der Waals surface area contributed by atoms with Crippen LogP contribution in [0.2, 0.25) is 0 Å². The lowest BCUT2D eigenvalue weighted by Gasteiger charge is -2.08. The summed E-state index contributed by atoms with van der Waals surface area (Å²) in [7, 11) is 0. The molecule has 2 aromatic rings. The Morgan fingerprint density at radius 1 is 1.29 bits per heavy atom. The lowest BCUT2D eigenvalue weighted by atomic mass is 10.1. The molecule has 0 bridgehead atoms. The van der Waals surface area contributed by atoms with Crippen molar-refractivity contribution in [1.29, 1.82) is 0 Å². The lowest BCUT2D eigenvalue weighted by molar-refractivity contribution is 0.711. The third kappa shape index (κ3) is 2.93. The van der Waals surface area contributed by atoms with Crippen molar-refractivity contribution in [2.45, 2.75) is 32.7 Å². The summed E-state index contributed by atoms with van der Waals surface area (Å²) in [6.07, 6.45) is 1.84. The summed E-state index contributed by atoms with van der Waals surface area (Å²) in [6.45, 7) is 4.25. The van der Waals surface area contributed by atoms with E-state index in [1.807, 2.05) is 18.2 Å². The van der Waals surface area contributed by atoms with Crippen LogP contribution in [0.5, 0.6) is 0 Å². The van der Waals surface area contributed by atoms with E-state index in [9.17, 15) is 0 Å². The molecule has 0 amide bonds. The number of nitrogens with two attached hydrogens (primary N) is 1. The molecule has 0 aliphatic rings. The maximum atomic E-state index is 6.21. The van der Waals surface area contributed by atoms with Gasteiger partial charge in [0, 0.05) is 4.88 Å². The van der Waals surface area contributed by atoms with E-state index in [0.717, 1.165) is 17.8 Å². The highest BCUT2D eigenvalue weighted by Gasteiger charge is 2.13. The summed E-state index contributed by atoms with van der Waals surface area (Å²) >= 11 is 1.73. The van der Waals surface area contributed by atoms with E-state index < -0.39 is 0 Å². The normalized spacial score (nSPS) is 12.6. The molecule has 1 heterocycles. The third-order valence-electron chi connectivity index (χ3n) is 2.86. The molecule has 1 atom stereocenters. The summed E-state index contributed by atoms with van der Waals surface area (Å²) in [4.78, 5) is 5.92. The van der Waals surface area contributed by atoms with Gasteiger partial charge >= 0.3 is 0 Å². The first-order chi connectivity index (χ1) is 8.20. The van der Waals surface area contributed by atoms with Gasteiger partial charge in [-0.05, 0) is 25.3 Å². The van der Waals surface area contributed by atoms with Crippen LogP contribution in [-0.2, 0) is 12.8 Å². The predicted molar refractivity (Wildman–Crippen MR) is 73.3 cm³/mol. The van der Waals surface area contributed by atoms with E-state index in [-0.39, 0.29) is 6.04 Å². The fourth-order valence-electron chi connectivity index (χ4n) is 1.89. The van der Waals surface area contributed by atoms with Gasteiger partial charge in [-0.3, -0.25) is 0 Å². The Morgan fingerprint density at radius 3 is 2.59 bits per heavy atom. The number of hydrogen-bond acceptors (Lipinski definition) is 3. The Hall–Kier alpha value is -1.19. The van der Waals surface area contributed by atoms with Crippen LogP contribution < -0.4 is 5.73 Å². The highest BCUT2D eigenvalue weighted by molar-refractivity contribution is 7.11. The van der Waals surface area contributed by atoms with Crippen LogP contribution in [0.3, 0.4) is 0 Å². The molecule has 1 aromatic heterocycles. The van der Waals surface area contributed by atoms with E-state index in [1.54, 1.807) is 11.3 Å². The number of benzene rings is 1. The quantitative estimate of drug-likeness (QED) is 0.899. The molecular formula is C14H18N2S. The first kappa shape index (κ1) is 12.3. The fourth-order valence-corrected chi connectivity index (χ4v) is 2.90. The van der Waals surface area contributed by atoms with Crippen LogP contribution >= 0.6 is 11.3 Å². The molecular weight excluding hydrogens is 228 g/mol. The topological polar surface area (TPSA) is 38.9 Å². The van der Waals surface area contributed by atoms with E-state index in [1.165, 1.54) is 16.1 Å². The number of aromatic nitrogens is 1. The smallest absolute Gasteiger partial charge is 0.110 e. The monoisotopic (exact) mass is 246 g/mol. The van der Waals surface area contributed by atoms with Crippen molar-refractivity contribution in [2.75, 3.05) is 0 Å². The number of rotatable bonds is 4. The minimum atomic E-state index is 0.0152. The van der Waals surface area contributed by atoms with Crippen molar-refractivity contribution >= 4 is 11.3 Å². The largest absolute Gasteiger partial charge is 0.322 e. The van der Waals surface area contributed by atoms with Crippen molar-refractivity contribution in [3.8, 4) is 0 Å². The number of hydrogen-bond donors (Lipinski definition) is 1. The van der Waals surface area contributed by atoms with Gasteiger partial charge in [0.15, 0.2) is 0 Å². The molecule has 3 heteroatoms. The van der Waals surface area contributed by atoms with Gasteiger partial charge in [-0.25, -0.2) is 4.98 Å². The minimum Gasteiger partial charge on any atom is -0.322 e. The molecule has 1 unspecified atom stereocenters. The van der Waals surface area contributed by atoms with Crippen LogP contribution in [0.15, 0.2) is 30.3 Å². The number of aryl methyl sites for hydroxylation is 2. The second kappa shape index (κ2) is 5.43. The molecule has 2 rings (SSSR count). The van der Waals surface area contributed by atoms with Gasteiger partial charge in [-0.15, -0.1) is 11.3 Å². The SMILES string of the molecule is CCc1nc(C(N)Cc2ccccc2)sc1C. The minimum absolute atomic E-state index is 0.0152. The molecule has 0 aliphatic heterocycles. The third-order valence-corrected chi connectivity index (χ3v) is 4.00. The van der Waals surface area contributed by atoms with Gasteiger partial charge in [-0.2, -0.15) is 0 Å². The summed E-state index contributed by atoms with van der Waals surface area (Å²) in [6, 6.07) is 10.4. The van der Waals surface area contributed by atoms with Crippen LogP contribution in [-0.4, -0.2) is 4.98 Å². The van der Waals surface area contributed by atoms with Crippen molar-refractivity contribution in [1.82, 2.24) is 4.98 Å². The lowest BCUT2D eigenvalue weighted by Crippen LogP contribution is -2.13. The van der Waals surface area contributed by atoms with Crippen molar-refractivity contribution in [3.05, 3.63) is 51.5 Å². The zero-order valence-corrected chi connectivity index (χ0v) is 11.1. The fraction of sp³-hybridized carbons (Fsp3) is 0.357. The molecule has 2 N–H and O–H groups in total. The number of thiazole rings is 1. The van der Waals surface area contributed by atoms with Crippen molar-refractivity contribution in [3.63, 3.8) is 0 Å². The maximum Gasteiger partial charge on any atom is 0.110 e. The Balaban J connectivity index is 2.12. The average molecular weight is 246 g/mol. The van der Waals surface area contributed by atoms with E-state index in [4.69, 9.17) is 5.73 Å². The molecule has 2 nitrogen and oxygen atoms in total. The van der Waals surface area contributed by atoms with E-state index in [0.29, 0.717) is 0 Å². The highest BCUT2D eigenvalue weighted by atomic mass is 32.1. The summed E-state index contributed by atoms with van der Waals surface area (Å²) < 4.78 is 0. The van der Waals surface area contributed by atoms with Gasteiger partial charge < -0.3 is 5.73 Å². The Morgan fingerprint density at radius 2 is 2.00 bits per heavy atom. The molecule has 0 fully saturated rings. The maximum absolute atomic E-state index is 6.21. The number of nitrogens with zero attached hydrogens (tertiary/aromatic N) is 1. The first-order valence-electron chi connectivity index (χ1n) is 5.96. The second-order valence-corrected chi connectivity index (χ2v) is 5.44. The van der Waals surface area contributed by atoms with Crippen molar-refractivity contribution in [2.24, 2.45) is 5.73 Å².